The molecule has 0 radical (unpaired) electrons. The van der Waals surface area contributed by atoms with E-state index in [0.717, 1.165) is 38.5 Å². The molecule has 0 aromatic carbocycles. The monoisotopic (exact) mass is 380 g/mol. The Balaban J connectivity index is 1.82. The van der Waals surface area contributed by atoms with Gasteiger partial charge in [-0.3, -0.25) is 4.79 Å². The van der Waals surface area contributed by atoms with Crippen LogP contribution in [0.5, 0.6) is 0 Å². The largest absolute Gasteiger partial charge is 0.460 e. The summed E-state index contributed by atoms with van der Waals surface area (Å²) in [5.41, 5.74) is 0. The Bertz CT molecular complexity index is 525. The van der Waals surface area contributed by atoms with Gasteiger partial charge in [0, 0.05) is 25.7 Å². The minimum atomic E-state index is -0.462. The van der Waals surface area contributed by atoms with Crippen LogP contribution in [0.1, 0.15) is 79.1 Å². The van der Waals surface area contributed by atoms with Gasteiger partial charge in [-0.05, 0) is 39.0 Å². The topological polar surface area (TPSA) is 54.0 Å². The number of esters is 1. The first-order chi connectivity index (χ1) is 13.0. The zero-order valence-corrected chi connectivity index (χ0v) is 17.3. The van der Waals surface area contributed by atoms with E-state index in [1.54, 1.807) is 0 Å². The minimum Gasteiger partial charge on any atom is -0.460 e. The second-order valence-corrected chi connectivity index (χ2v) is 8.34. The number of allylic oxidation sites excluding steroid dienone is 2. The average Bonchev–Trinajstić information content (AvgIpc) is 3.01. The molecule has 5 heteroatoms. The predicted octanol–water partition coefficient (Wildman–Crippen LogP) is 4.53. The van der Waals surface area contributed by atoms with Crippen LogP contribution in [0.15, 0.2) is 12.2 Å². The highest BCUT2D eigenvalue weighted by Crippen LogP contribution is 2.47. The van der Waals surface area contributed by atoms with Gasteiger partial charge in [0.25, 0.3) is 0 Å². The Labute approximate surface area is 163 Å². The zero-order valence-electron chi connectivity index (χ0n) is 17.3. The molecule has 6 atom stereocenters. The standard InChI is InChI=1S/C22H36O5/c1-5-7-9-12-18-15(3)19-21(20(25-18)17(6-2)24-16(4)23)27-22(26-19)13-10-8-11-14-22/h5,7,15,17-21H,6,8-14H2,1-4H3/t15-,17+,18-,19-,20-,21?/m0/s1. The summed E-state index contributed by atoms with van der Waals surface area (Å²) in [6.07, 6.45) is 11.7. The van der Waals surface area contributed by atoms with Gasteiger partial charge in [0.15, 0.2) is 5.79 Å². The van der Waals surface area contributed by atoms with Crippen LogP contribution < -0.4 is 0 Å². The van der Waals surface area contributed by atoms with Crippen molar-refractivity contribution in [3.05, 3.63) is 12.2 Å². The number of rotatable bonds is 6. The van der Waals surface area contributed by atoms with Gasteiger partial charge in [-0.1, -0.05) is 32.4 Å². The second kappa shape index (κ2) is 9.06. The fourth-order valence-corrected chi connectivity index (χ4v) is 4.91. The molecule has 0 aromatic heterocycles. The van der Waals surface area contributed by atoms with Crippen molar-refractivity contribution >= 4 is 5.97 Å². The maximum absolute atomic E-state index is 11.6. The maximum atomic E-state index is 11.6. The van der Waals surface area contributed by atoms with Gasteiger partial charge in [-0.25, -0.2) is 0 Å². The number of carbonyl (C=O) groups excluding carboxylic acids is 1. The molecule has 1 aliphatic carbocycles. The van der Waals surface area contributed by atoms with E-state index in [4.69, 9.17) is 18.9 Å². The van der Waals surface area contributed by atoms with Crippen molar-refractivity contribution in [1.82, 2.24) is 0 Å². The molecule has 1 unspecified atom stereocenters. The van der Waals surface area contributed by atoms with Gasteiger partial charge in [-0.2, -0.15) is 0 Å². The normalized spacial score (nSPS) is 36.7. The molecule has 3 rings (SSSR count). The number of hydrogen-bond donors (Lipinski definition) is 0. The van der Waals surface area contributed by atoms with E-state index in [0.29, 0.717) is 6.42 Å². The molecule has 154 valence electrons. The molecule has 2 heterocycles. The lowest BCUT2D eigenvalue weighted by Gasteiger charge is -2.43. The third kappa shape index (κ3) is 4.57. The van der Waals surface area contributed by atoms with Crippen molar-refractivity contribution in [3.8, 4) is 0 Å². The van der Waals surface area contributed by atoms with E-state index in [1.165, 1.54) is 13.3 Å². The molecule has 0 bridgehead atoms. The average molecular weight is 381 g/mol. The number of hydrogen-bond acceptors (Lipinski definition) is 5. The minimum absolute atomic E-state index is 0.00191. The van der Waals surface area contributed by atoms with Gasteiger partial charge in [0.05, 0.1) is 12.2 Å². The highest BCUT2D eigenvalue weighted by molar-refractivity contribution is 5.66. The summed E-state index contributed by atoms with van der Waals surface area (Å²) in [7, 11) is 0. The maximum Gasteiger partial charge on any atom is 0.302 e. The van der Waals surface area contributed by atoms with Gasteiger partial charge in [0.1, 0.15) is 18.3 Å². The Morgan fingerprint density at radius 2 is 1.93 bits per heavy atom. The van der Waals surface area contributed by atoms with E-state index in [9.17, 15) is 4.79 Å². The predicted molar refractivity (Wildman–Crippen MR) is 103 cm³/mol. The van der Waals surface area contributed by atoms with Crippen LogP contribution >= 0.6 is 0 Å². The van der Waals surface area contributed by atoms with Crippen LogP contribution in [0, 0.1) is 5.92 Å². The van der Waals surface area contributed by atoms with Crippen molar-refractivity contribution in [2.75, 3.05) is 0 Å². The summed E-state index contributed by atoms with van der Waals surface area (Å²) >= 11 is 0. The Morgan fingerprint density at radius 1 is 1.22 bits per heavy atom. The van der Waals surface area contributed by atoms with Crippen molar-refractivity contribution in [3.63, 3.8) is 0 Å². The lowest BCUT2D eigenvalue weighted by molar-refractivity contribution is -0.214. The third-order valence-electron chi connectivity index (χ3n) is 6.34. The van der Waals surface area contributed by atoms with Crippen molar-refractivity contribution in [2.24, 2.45) is 5.92 Å². The molecule has 1 saturated carbocycles. The molecule has 2 saturated heterocycles. The van der Waals surface area contributed by atoms with Gasteiger partial charge >= 0.3 is 5.97 Å². The first-order valence-corrected chi connectivity index (χ1v) is 10.8. The van der Waals surface area contributed by atoms with Crippen LogP contribution in [-0.2, 0) is 23.7 Å². The second-order valence-electron chi connectivity index (χ2n) is 8.34. The Kier molecular flexibility index (Phi) is 6.98. The van der Waals surface area contributed by atoms with E-state index in [2.05, 4.69) is 19.1 Å². The van der Waals surface area contributed by atoms with Crippen molar-refractivity contribution in [1.29, 1.82) is 0 Å². The lowest BCUT2D eigenvalue weighted by Crippen LogP contribution is -2.56. The molecule has 27 heavy (non-hydrogen) atoms. The van der Waals surface area contributed by atoms with Crippen molar-refractivity contribution < 1.29 is 23.7 Å². The molecular formula is C22H36O5. The molecular weight excluding hydrogens is 344 g/mol. The number of fused-ring (bicyclic) bond motifs is 1. The molecule has 3 fully saturated rings. The molecule has 0 amide bonds. The molecule has 2 aliphatic heterocycles. The summed E-state index contributed by atoms with van der Waals surface area (Å²) in [5, 5.41) is 0. The van der Waals surface area contributed by atoms with E-state index < -0.39 is 5.79 Å². The van der Waals surface area contributed by atoms with Crippen LogP contribution in [-0.4, -0.2) is 42.3 Å². The van der Waals surface area contributed by atoms with E-state index in [1.807, 2.05) is 13.8 Å². The summed E-state index contributed by atoms with van der Waals surface area (Å²) in [4.78, 5) is 11.6. The summed E-state index contributed by atoms with van der Waals surface area (Å²) in [5.74, 6) is -0.471. The fraction of sp³-hybridized carbons (Fsp3) is 0.864. The smallest absolute Gasteiger partial charge is 0.302 e. The highest BCUT2D eigenvalue weighted by Gasteiger charge is 2.58. The fourth-order valence-electron chi connectivity index (χ4n) is 4.91. The van der Waals surface area contributed by atoms with E-state index in [-0.39, 0.29) is 42.4 Å². The highest BCUT2D eigenvalue weighted by atomic mass is 16.8. The Morgan fingerprint density at radius 3 is 2.56 bits per heavy atom. The summed E-state index contributed by atoms with van der Waals surface area (Å²) in [6.45, 7) is 7.75. The number of ether oxygens (including phenoxy) is 4. The molecule has 3 aliphatic rings. The Hall–Kier alpha value is -0.910. The quantitative estimate of drug-likeness (QED) is 0.500. The number of carbonyl (C=O) groups is 1. The molecule has 5 nitrogen and oxygen atoms in total. The van der Waals surface area contributed by atoms with Gasteiger partial charge in [0.2, 0.25) is 0 Å². The van der Waals surface area contributed by atoms with Gasteiger partial charge < -0.3 is 18.9 Å². The first-order valence-electron chi connectivity index (χ1n) is 10.8. The van der Waals surface area contributed by atoms with E-state index >= 15 is 0 Å². The third-order valence-corrected chi connectivity index (χ3v) is 6.34. The SMILES string of the molecule is CC=CCC[C@@H]1O[C@@H]([C@@H](CC)OC(C)=O)C2OC3(CCCCC3)O[C@H]2[C@H]1C. The molecule has 1 spiro atoms. The van der Waals surface area contributed by atoms with Crippen LogP contribution in [0.3, 0.4) is 0 Å². The van der Waals surface area contributed by atoms with Gasteiger partial charge in [-0.15, -0.1) is 0 Å². The molecule has 0 aromatic rings. The van der Waals surface area contributed by atoms with Crippen molar-refractivity contribution in [2.45, 2.75) is 115 Å². The lowest BCUT2D eigenvalue weighted by atomic mass is 9.84. The first kappa shape index (κ1) is 20.8. The van der Waals surface area contributed by atoms with Crippen LogP contribution in [0.25, 0.3) is 0 Å². The summed E-state index contributed by atoms with van der Waals surface area (Å²) in [6, 6.07) is 0. The zero-order chi connectivity index (χ0) is 19.4. The van der Waals surface area contributed by atoms with Crippen LogP contribution in [0.2, 0.25) is 0 Å². The van der Waals surface area contributed by atoms with Crippen LogP contribution in [0.4, 0.5) is 0 Å². The molecule has 0 N–H and O–H groups in total. The summed E-state index contributed by atoms with van der Waals surface area (Å²) < 4.78 is 25.3.